The van der Waals surface area contributed by atoms with Crippen LogP contribution in [0.1, 0.15) is 18.4 Å². The van der Waals surface area contributed by atoms with Gasteiger partial charge in [-0.3, -0.25) is 0 Å². The molecule has 4 heteroatoms. The predicted molar refractivity (Wildman–Crippen MR) is 85.7 cm³/mol. The third-order valence-electron chi connectivity index (χ3n) is 4.11. The van der Waals surface area contributed by atoms with Gasteiger partial charge in [-0.25, -0.2) is 0 Å². The number of methoxy groups -OCH3 is 1. The summed E-state index contributed by atoms with van der Waals surface area (Å²) in [5.41, 5.74) is 1.62. The fourth-order valence-corrected chi connectivity index (χ4v) is 3.26. The van der Waals surface area contributed by atoms with E-state index in [2.05, 4.69) is 36.7 Å². The largest absolute Gasteiger partial charge is 0.497 e. The Morgan fingerprint density at radius 1 is 1.25 bits per heavy atom. The lowest BCUT2D eigenvalue weighted by atomic mass is 9.81. The summed E-state index contributed by atoms with van der Waals surface area (Å²) in [5.74, 6) is 1.84. The van der Waals surface area contributed by atoms with Gasteiger partial charge in [0.05, 0.1) is 7.11 Å². The molecule has 112 valence electrons. The quantitative estimate of drug-likeness (QED) is 0.816. The Labute approximate surface area is 127 Å². The highest BCUT2D eigenvalue weighted by Gasteiger charge is 2.32. The van der Waals surface area contributed by atoms with Gasteiger partial charge in [0.15, 0.2) is 0 Å². The molecule has 1 aliphatic rings. The van der Waals surface area contributed by atoms with E-state index in [0.29, 0.717) is 5.41 Å². The fourth-order valence-electron chi connectivity index (χ4n) is 2.84. The topological polar surface area (TPSA) is 21.7 Å². The molecule has 0 N–H and O–H groups in total. The first-order chi connectivity index (χ1) is 9.67. The average Bonchev–Trinajstić information content (AvgIpc) is 2.49. The second-order valence-electron chi connectivity index (χ2n) is 5.79. The molecule has 1 aliphatic heterocycles. The molecule has 0 amide bonds. The second-order valence-corrected chi connectivity index (χ2v) is 6.11. The van der Waals surface area contributed by atoms with Gasteiger partial charge in [-0.15, -0.1) is 0 Å². The first-order valence-corrected chi connectivity index (χ1v) is 7.81. The zero-order valence-electron chi connectivity index (χ0n) is 12.5. The van der Waals surface area contributed by atoms with Crippen LogP contribution in [0.4, 0.5) is 0 Å². The van der Waals surface area contributed by atoms with Crippen molar-refractivity contribution in [2.45, 2.75) is 19.4 Å². The van der Waals surface area contributed by atoms with E-state index in [1.54, 1.807) is 7.11 Å². The van der Waals surface area contributed by atoms with E-state index in [4.69, 9.17) is 9.47 Å². The van der Waals surface area contributed by atoms with Crippen molar-refractivity contribution in [3.8, 4) is 5.75 Å². The molecule has 2 rings (SSSR count). The zero-order valence-corrected chi connectivity index (χ0v) is 13.4. The molecule has 0 unspecified atom stereocenters. The molecule has 20 heavy (non-hydrogen) atoms. The van der Waals surface area contributed by atoms with Gasteiger partial charge < -0.3 is 14.4 Å². The normalized spacial score (nSPS) is 18.2. The van der Waals surface area contributed by atoms with Crippen molar-refractivity contribution in [1.29, 1.82) is 0 Å². The van der Waals surface area contributed by atoms with Crippen molar-refractivity contribution in [1.82, 2.24) is 4.90 Å². The van der Waals surface area contributed by atoms with E-state index in [0.717, 1.165) is 50.6 Å². The summed E-state index contributed by atoms with van der Waals surface area (Å²) < 4.78 is 10.7. The summed E-state index contributed by atoms with van der Waals surface area (Å²) in [5, 5.41) is 0. The van der Waals surface area contributed by atoms with Gasteiger partial charge in [0.1, 0.15) is 5.75 Å². The van der Waals surface area contributed by atoms with Crippen LogP contribution in [0.5, 0.6) is 5.75 Å². The molecule has 0 spiro atoms. The van der Waals surface area contributed by atoms with E-state index in [-0.39, 0.29) is 0 Å². The second kappa shape index (κ2) is 7.34. The highest BCUT2D eigenvalue weighted by molar-refractivity contribution is 7.80. The van der Waals surface area contributed by atoms with E-state index in [1.165, 1.54) is 5.56 Å². The summed E-state index contributed by atoms with van der Waals surface area (Å²) in [6.45, 7) is 3.78. The molecule has 0 radical (unpaired) electrons. The maximum Gasteiger partial charge on any atom is 0.118 e. The highest BCUT2D eigenvalue weighted by atomic mass is 32.1. The number of nitrogens with zero attached hydrogens (tertiary/aromatic N) is 1. The van der Waals surface area contributed by atoms with Gasteiger partial charge in [-0.05, 0) is 48.8 Å². The molecule has 0 atom stereocenters. The summed E-state index contributed by atoms with van der Waals surface area (Å²) >= 11 is 4.58. The van der Waals surface area contributed by atoms with Gasteiger partial charge in [0.25, 0.3) is 0 Å². The van der Waals surface area contributed by atoms with E-state index < -0.39 is 0 Å². The lowest BCUT2D eigenvalue weighted by molar-refractivity contribution is 0.0105. The summed E-state index contributed by atoms with van der Waals surface area (Å²) in [6, 6.07) is 8.30. The van der Waals surface area contributed by atoms with Crippen LogP contribution in [-0.4, -0.2) is 44.6 Å². The van der Waals surface area contributed by atoms with Crippen LogP contribution in [0.25, 0.3) is 0 Å². The van der Waals surface area contributed by atoms with Crippen LogP contribution in [-0.2, 0) is 11.3 Å². The number of thiol groups is 1. The third kappa shape index (κ3) is 4.14. The first kappa shape index (κ1) is 15.7. The number of ether oxygens (including phenoxy) is 2. The number of rotatable bonds is 6. The zero-order chi connectivity index (χ0) is 14.4. The van der Waals surface area contributed by atoms with Crippen molar-refractivity contribution in [3.63, 3.8) is 0 Å². The lowest BCUT2D eigenvalue weighted by Gasteiger charge is -2.39. The molecular weight excluding hydrogens is 270 g/mol. The molecule has 3 nitrogen and oxygen atoms in total. The van der Waals surface area contributed by atoms with Crippen LogP contribution in [0.2, 0.25) is 0 Å². The molecule has 0 bridgehead atoms. The van der Waals surface area contributed by atoms with Gasteiger partial charge >= 0.3 is 0 Å². The Kier molecular flexibility index (Phi) is 5.75. The van der Waals surface area contributed by atoms with Gasteiger partial charge in [0, 0.05) is 26.3 Å². The molecule has 1 aromatic carbocycles. The van der Waals surface area contributed by atoms with Crippen molar-refractivity contribution < 1.29 is 9.47 Å². The smallest absolute Gasteiger partial charge is 0.118 e. The third-order valence-corrected chi connectivity index (χ3v) is 4.78. The molecule has 1 aromatic rings. The van der Waals surface area contributed by atoms with Gasteiger partial charge in [-0.2, -0.15) is 12.6 Å². The van der Waals surface area contributed by atoms with Crippen LogP contribution in [0, 0.1) is 5.41 Å². The lowest BCUT2D eigenvalue weighted by Crippen LogP contribution is -2.41. The molecule has 0 saturated carbocycles. The van der Waals surface area contributed by atoms with Crippen LogP contribution < -0.4 is 4.74 Å². The van der Waals surface area contributed by atoms with Crippen LogP contribution >= 0.6 is 12.6 Å². The Bertz CT molecular complexity index is 401. The maximum absolute atomic E-state index is 5.49. The van der Waals surface area contributed by atoms with E-state index in [1.807, 2.05) is 12.1 Å². The van der Waals surface area contributed by atoms with Gasteiger partial charge in [-0.1, -0.05) is 12.1 Å². The summed E-state index contributed by atoms with van der Waals surface area (Å²) in [7, 11) is 3.88. The maximum atomic E-state index is 5.49. The molecular formula is C16H25NO2S. The van der Waals surface area contributed by atoms with Crippen molar-refractivity contribution in [2.24, 2.45) is 5.41 Å². The van der Waals surface area contributed by atoms with Crippen molar-refractivity contribution >= 4 is 12.6 Å². The molecule has 1 saturated heterocycles. The number of hydrogen-bond donors (Lipinski definition) is 1. The van der Waals surface area contributed by atoms with Crippen molar-refractivity contribution in [2.75, 3.05) is 39.7 Å². The van der Waals surface area contributed by atoms with E-state index >= 15 is 0 Å². The average molecular weight is 295 g/mol. The SMILES string of the molecule is COc1ccc(CN(C)CC2(CS)CCOCC2)cc1. The Morgan fingerprint density at radius 2 is 1.90 bits per heavy atom. The standard InChI is InChI=1S/C16H25NO2S/c1-17(11-14-3-5-15(18-2)6-4-14)12-16(13-20)7-9-19-10-8-16/h3-6,20H,7-13H2,1-2H3. The van der Waals surface area contributed by atoms with Gasteiger partial charge in [0.2, 0.25) is 0 Å². The number of hydrogen-bond acceptors (Lipinski definition) is 4. The Hall–Kier alpha value is -0.710. The predicted octanol–water partition coefficient (Wildman–Crippen LogP) is 2.85. The molecule has 1 heterocycles. The Morgan fingerprint density at radius 3 is 2.45 bits per heavy atom. The Balaban J connectivity index is 1.91. The highest BCUT2D eigenvalue weighted by Crippen LogP contribution is 2.32. The van der Waals surface area contributed by atoms with Crippen molar-refractivity contribution in [3.05, 3.63) is 29.8 Å². The molecule has 0 aliphatic carbocycles. The van der Waals surface area contributed by atoms with Crippen LogP contribution in [0.3, 0.4) is 0 Å². The minimum Gasteiger partial charge on any atom is -0.497 e. The minimum absolute atomic E-state index is 0.308. The summed E-state index contributed by atoms with van der Waals surface area (Å²) in [4.78, 5) is 2.39. The van der Waals surface area contributed by atoms with Crippen LogP contribution in [0.15, 0.2) is 24.3 Å². The monoisotopic (exact) mass is 295 g/mol. The molecule has 0 aromatic heterocycles. The summed E-state index contributed by atoms with van der Waals surface area (Å²) in [6.07, 6.45) is 2.23. The number of benzene rings is 1. The van der Waals surface area contributed by atoms with E-state index in [9.17, 15) is 0 Å². The fraction of sp³-hybridized carbons (Fsp3) is 0.625. The minimum atomic E-state index is 0.308. The molecule has 1 fully saturated rings. The first-order valence-electron chi connectivity index (χ1n) is 7.17.